The third-order valence-electron chi connectivity index (χ3n) is 6.41. The Morgan fingerprint density at radius 3 is 2.57 bits per heavy atom. The number of likely N-dealkylation sites (tertiary alicyclic amines) is 1. The van der Waals surface area contributed by atoms with Gasteiger partial charge >= 0.3 is 0 Å². The number of hydrogen-bond acceptors (Lipinski definition) is 7. The molecule has 0 amide bonds. The van der Waals surface area contributed by atoms with Gasteiger partial charge in [-0.2, -0.15) is 0 Å². The average Bonchev–Trinajstić information content (AvgIpc) is 3.22. The number of anilines is 2. The van der Waals surface area contributed by atoms with E-state index in [4.69, 9.17) is 9.72 Å². The maximum absolute atomic E-state index is 13.4. The van der Waals surface area contributed by atoms with Crippen molar-refractivity contribution in [3.05, 3.63) is 72.3 Å². The van der Waals surface area contributed by atoms with Gasteiger partial charge in [0.2, 0.25) is 11.9 Å². The van der Waals surface area contributed by atoms with Gasteiger partial charge < -0.3 is 24.8 Å². The first kappa shape index (κ1) is 23.0. The maximum Gasteiger partial charge on any atom is 0.222 e. The lowest BCUT2D eigenvalue weighted by atomic mass is 10.1. The number of nitrogens with zero attached hydrogens (tertiary/aromatic N) is 5. The fraction of sp³-hybridized carbons (Fsp3) is 0.346. The summed E-state index contributed by atoms with van der Waals surface area (Å²) < 4.78 is 21.0. The van der Waals surface area contributed by atoms with E-state index < -0.39 is 0 Å². The number of fused-ring (bicyclic) bond motifs is 1. The van der Waals surface area contributed by atoms with E-state index in [0.717, 1.165) is 67.3 Å². The lowest BCUT2D eigenvalue weighted by Crippen LogP contribution is -2.41. The summed E-state index contributed by atoms with van der Waals surface area (Å²) in [7, 11) is 1.66. The van der Waals surface area contributed by atoms with Crippen LogP contribution in [-0.4, -0.2) is 63.7 Å². The van der Waals surface area contributed by atoms with Gasteiger partial charge in [0.15, 0.2) is 0 Å². The predicted octanol–water partition coefficient (Wildman–Crippen LogP) is 4.01. The number of imidazole rings is 1. The number of methoxy groups -OCH3 is 1. The Balaban J connectivity index is 1.24. The molecule has 35 heavy (non-hydrogen) atoms. The molecule has 182 valence electrons. The molecule has 0 radical (unpaired) electrons. The SMILES string of the molecule is COc1ccc2c(c1)nc(NC1CCN(CCNc3ncccn3)CC1)n2Cc1ccc(F)cc1. The highest BCUT2D eigenvalue weighted by Gasteiger charge is 2.21. The highest BCUT2D eigenvalue weighted by atomic mass is 19.1. The van der Waals surface area contributed by atoms with Crippen molar-refractivity contribution in [3.63, 3.8) is 0 Å². The smallest absolute Gasteiger partial charge is 0.222 e. The van der Waals surface area contributed by atoms with E-state index in [1.807, 2.05) is 36.4 Å². The number of halogens is 1. The zero-order valence-corrected chi connectivity index (χ0v) is 19.8. The second-order valence-electron chi connectivity index (χ2n) is 8.76. The molecule has 0 atom stereocenters. The maximum atomic E-state index is 13.4. The molecule has 0 spiro atoms. The van der Waals surface area contributed by atoms with E-state index in [1.165, 1.54) is 12.1 Å². The zero-order valence-electron chi connectivity index (χ0n) is 19.8. The Labute approximate surface area is 204 Å². The second kappa shape index (κ2) is 10.7. The van der Waals surface area contributed by atoms with Crippen LogP contribution in [0.25, 0.3) is 11.0 Å². The number of piperidine rings is 1. The Kier molecular flexibility index (Phi) is 7.04. The quantitative estimate of drug-likeness (QED) is 0.379. The molecule has 3 heterocycles. The molecule has 5 rings (SSSR count). The summed E-state index contributed by atoms with van der Waals surface area (Å²) in [5, 5.41) is 6.96. The normalized spacial score (nSPS) is 14.8. The lowest BCUT2D eigenvalue weighted by Gasteiger charge is -2.32. The Morgan fingerprint density at radius 1 is 1.06 bits per heavy atom. The highest BCUT2D eigenvalue weighted by molar-refractivity contribution is 5.80. The predicted molar refractivity (Wildman–Crippen MR) is 135 cm³/mol. The van der Waals surface area contributed by atoms with Crippen molar-refractivity contribution in [2.45, 2.75) is 25.4 Å². The summed E-state index contributed by atoms with van der Waals surface area (Å²) in [6, 6.07) is 14.7. The topological polar surface area (TPSA) is 80.1 Å². The van der Waals surface area contributed by atoms with E-state index in [-0.39, 0.29) is 5.82 Å². The van der Waals surface area contributed by atoms with Gasteiger partial charge in [-0.3, -0.25) is 0 Å². The largest absolute Gasteiger partial charge is 0.497 e. The molecular formula is C26H30FN7O. The molecule has 9 heteroatoms. The van der Waals surface area contributed by atoms with E-state index in [9.17, 15) is 4.39 Å². The van der Waals surface area contributed by atoms with Gasteiger partial charge in [-0.05, 0) is 48.7 Å². The van der Waals surface area contributed by atoms with Crippen molar-refractivity contribution in [3.8, 4) is 5.75 Å². The van der Waals surface area contributed by atoms with Crippen LogP contribution in [0.15, 0.2) is 60.9 Å². The standard InChI is InChI=1S/C26H30FN7O/c1-35-22-7-8-24-23(17-22)32-26(34(24)18-19-3-5-20(27)6-4-19)31-21-9-14-33(15-10-21)16-13-30-25-28-11-2-12-29-25/h2-8,11-12,17,21H,9-10,13-16,18H2,1H3,(H,31,32)(H,28,29,30). The zero-order chi connectivity index (χ0) is 24.0. The highest BCUT2D eigenvalue weighted by Crippen LogP contribution is 2.27. The van der Waals surface area contributed by atoms with Crippen molar-refractivity contribution in [2.75, 3.05) is 43.9 Å². The molecule has 8 nitrogen and oxygen atoms in total. The van der Waals surface area contributed by atoms with Crippen molar-refractivity contribution in [1.82, 2.24) is 24.4 Å². The van der Waals surface area contributed by atoms with Gasteiger partial charge in [0.05, 0.1) is 24.7 Å². The molecule has 0 saturated carbocycles. The molecule has 1 fully saturated rings. The third kappa shape index (κ3) is 5.68. The summed E-state index contributed by atoms with van der Waals surface area (Å²) in [6.07, 6.45) is 5.55. The first-order valence-electron chi connectivity index (χ1n) is 12.0. The third-order valence-corrected chi connectivity index (χ3v) is 6.41. The molecule has 0 unspecified atom stereocenters. The van der Waals surface area contributed by atoms with E-state index >= 15 is 0 Å². The molecule has 0 aliphatic carbocycles. The Hall–Kier alpha value is -3.72. The van der Waals surface area contributed by atoms with Crippen molar-refractivity contribution < 1.29 is 9.13 Å². The molecule has 2 N–H and O–H groups in total. The Morgan fingerprint density at radius 2 is 1.83 bits per heavy atom. The molecule has 1 saturated heterocycles. The molecule has 1 aliphatic heterocycles. The molecule has 2 aromatic heterocycles. The van der Waals surface area contributed by atoms with Crippen LogP contribution >= 0.6 is 0 Å². The summed E-state index contributed by atoms with van der Waals surface area (Å²) >= 11 is 0. The minimum Gasteiger partial charge on any atom is -0.497 e. The van der Waals surface area contributed by atoms with Gasteiger partial charge in [0, 0.05) is 50.7 Å². The van der Waals surface area contributed by atoms with E-state index in [1.54, 1.807) is 19.5 Å². The summed E-state index contributed by atoms with van der Waals surface area (Å²) in [4.78, 5) is 15.8. The molecule has 1 aliphatic rings. The van der Waals surface area contributed by atoms with Crippen LogP contribution in [0.3, 0.4) is 0 Å². The van der Waals surface area contributed by atoms with E-state index in [0.29, 0.717) is 18.5 Å². The van der Waals surface area contributed by atoms with Gasteiger partial charge in [0.1, 0.15) is 11.6 Å². The monoisotopic (exact) mass is 475 g/mol. The van der Waals surface area contributed by atoms with E-state index in [2.05, 4.69) is 30.1 Å². The number of benzene rings is 2. The molecular weight excluding hydrogens is 445 g/mol. The molecule has 0 bridgehead atoms. The first-order valence-corrected chi connectivity index (χ1v) is 12.0. The van der Waals surface area contributed by atoms with Gasteiger partial charge in [0.25, 0.3) is 0 Å². The number of aromatic nitrogens is 4. The summed E-state index contributed by atoms with van der Waals surface area (Å²) in [5.41, 5.74) is 2.92. The van der Waals surface area contributed by atoms with Crippen LogP contribution in [0, 0.1) is 5.82 Å². The van der Waals surface area contributed by atoms with Crippen molar-refractivity contribution >= 4 is 22.9 Å². The first-order chi connectivity index (χ1) is 17.2. The Bertz CT molecular complexity index is 1240. The fourth-order valence-corrected chi connectivity index (χ4v) is 4.48. The molecule has 2 aromatic carbocycles. The summed E-state index contributed by atoms with van der Waals surface area (Å²) in [5.74, 6) is 2.04. The average molecular weight is 476 g/mol. The van der Waals surface area contributed by atoms with Crippen LogP contribution in [0.2, 0.25) is 0 Å². The van der Waals surface area contributed by atoms with Crippen LogP contribution in [0.4, 0.5) is 16.3 Å². The lowest BCUT2D eigenvalue weighted by molar-refractivity contribution is 0.226. The minimum absolute atomic E-state index is 0.231. The van der Waals surface area contributed by atoms with Crippen LogP contribution in [-0.2, 0) is 6.54 Å². The van der Waals surface area contributed by atoms with Gasteiger partial charge in [-0.1, -0.05) is 12.1 Å². The number of rotatable bonds is 9. The van der Waals surface area contributed by atoms with Crippen molar-refractivity contribution in [2.24, 2.45) is 0 Å². The minimum atomic E-state index is -0.231. The van der Waals surface area contributed by atoms with Gasteiger partial charge in [-0.25, -0.2) is 19.3 Å². The van der Waals surface area contributed by atoms with Crippen molar-refractivity contribution in [1.29, 1.82) is 0 Å². The van der Waals surface area contributed by atoms with Gasteiger partial charge in [-0.15, -0.1) is 0 Å². The van der Waals surface area contributed by atoms with Crippen LogP contribution < -0.4 is 15.4 Å². The number of hydrogen-bond donors (Lipinski definition) is 2. The second-order valence-corrected chi connectivity index (χ2v) is 8.76. The fourth-order valence-electron chi connectivity index (χ4n) is 4.48. The number of ether oxygens (including phenoxy) is 1. The molecule has 4 aromatic rings. The van der Waals surface area contributed by atoms with Crippen LogP contribution in [0.1, 0.15) is 18.4 Å². The summed E-state index contributed by atoms with van der Waals surface area (Å²) in [6.45, 7) is 4.41. The number of nitrogens with one attached hydrogen (secondary N) is 2. The van der Waals surface area contributed by atoms with Crippen LogP contribution in [0.5, 0.6) is 5.75 Å².